The zero-order valence-corrected chi connectivity index (χ0v) is 12.0. The Bertz CT molecular complexity index is 533. The number of esters is 1. The summed E-state index contributed by atoms with van der Waals surface area (Å²) in [4.78, 5) is 11.9. The highest BCUT2D eigenvalue weighted by molar-refractivity contribution is 6.33. The van der Waals surface area contributed by atoms with Crippen molar-refractivity contribution >= 4 is 28.8 Å². The first-order valence-electron chi connectivity index (χ1n) is 6.47. The zero-order chi connectivity index (χ0) is 14.0. The van der Waals surface area contributed by atoms with E-state index < -0.39 is 0 Å². The van der Waals surface area contributed by atoms with Crippen LogP contribution >= 0.6 is 11.6 Å². The number of hydrogen-bond acceptors (Lipinski definition) is 3. The smallest absolute Gasteiger partial charge is 0.334 e. The van der Waals surface area contributed by atoms with Crippen molar-refractivity contribution in [3.63, 3.8) is 0 Å². The Morgan fingerprint density at radius 2 is 2.16 bits per heavy atom. The van der Waals surface area contributed by atoms with Crippen molar-refractivity contribution < 1.29 is 9.53 Å². The van der Waals surface area contributed by atoms with Crippen molar-refractivity contribution in [1.82, 2.24) is 0 Å². The van der Waals surface area contributed by atoms with E-state index in [-0.39, 0.29) is 5.97 Å². The summed E-state index contributed by atoms with van der Waals surface area (Å²) >= 11 is 5.94. The van der Waals surface area contributed by atoms with Gasteiger partial charge in [-0.05, 0) is 55.9 Å². The van der Waals surface area contributed by atoms with E-state index in [9.17, 15) is 4.79 Å². The third kappa shape index (κ3) is 3.10. The number of halogens is 1. The Hall–Kier alpha value is -1.48. The van der Waals surface area contributed by atoms with Crippen molar-refractivity contribution in [3.8, 4) is 0 Å². The molecule has 2 rings (SSSR count). The lowest BCUT2D eigenvalue weighted by Gasteiger charge is -2.12. The van der Waals surface area contributed by atoms with E-state index in [1.165, 1.54) is 0 Å². The predicted molar refractivity (Wildman–Crippen MR) is 77.8 cm³/mol. The Labute approximate surface area is 118 Å². The maximum Gasteiger partial charge on any atom is 0.334 e. The highest BCUT2D eigenvalue weighted by Crippen LogP contribution is 2.44. The van der Waals surface area contributed by atoms with Crippen molar-refractivity contribution in [2.24, 2.45) is 5.92 Å². The van der Waals surface area contributed by atoms with Crippen LogP contribution in [0.5, 0.6) is 0 Å². The Morgan fingerprint density at radius 3 is 2.68 bits per heavy atom. The molecule has 0 heterocycles. The first-order valence-corrected chi connectivity index (χ1v) is 6.85. The minimum atomic E-state index is -0.252. The molecule has 19 heavy (non-hydrogen) atoms. The highest BCUT2D eigenvalue weighted by Gasteiger charge is 2.30. The van der Waals surface area contributed by atoms with Crippen LogP contribution in [0.4, 0.5) is 5.69 Å². The summed E-state index contributed by atoms with van der Waals surface area (Å²) in [5.74, 6) is 0.183. The number of allylic oxidation sites excluding steroid dienone is 1. The molecule has 0 spiro atoms. The number of carbonyl (C=O) groups is 1. The van der Waals surface area contributed by atoms with Crippen molar-refractivity contribution in [2.75, 3.05) is 12.3 Å². The van der Waals surface area contributed by atoms with E-state index in [0.717, 1.165) is 24.0 Å². The number of rotatable bonds is 4. The SMILES string of the molecule is CCOC(=O)C(C)=C(c1ccc(Cl)c(N)c1)C1CC1. The Morgan fingerprint density at radius 1 is 1.47 bits per heavy atom. The van der Waals surface area contributed by atoms with Crippen LogP contribution in [0.25, 0.3) is 5.57 Å². The molecule has 0 atom stereocenters. The summed E-state index contributed by atoms with van der Waals surface area (Å²) in [6.07, 6.45) is 2.21. The molecular weight excluding hydrogens is 262 g/mol. The fourth-order valence-electron chi connectivity index (χ4n) is 2.19. The number of nitrogens with two attached hydrogens (primary N) is 1. The van der Waals surface area contributed by atoms with Gasteiger partial charge in [0.15, 0.2) is 0 Å². The van der Waals surface area contributed by atoms with Crippen molar-refractivity contribution in [1.29, 1.82) is 0 Å². The van der Waals surface area contributed by atoms with E-state index in [4.69, 9.17) is 22.1 Å². The van der Waals surface area contributed by atoms with Gasteiger partial charge in [0.05, 0.1) is 17.3 Å². The fraction of sp³-hybridized carbons (Fsp3) is 0.400. The molecule has 102 valence electrons. The van der Waals surface area contributed by atoms with E-state index in [0.29, 0.717) is 28.8 Å². The van der Waals surface area contributed by atoms with Gasteiger partial charge >= 0.3 is 5.97 Å². The Balaban J connectivity index is 2.42. The molecule has 0 bridgehead atoms. The number of anilines is 1. The second-order valence-electron chi connectivity index (χ2n) is 4.77. The lowest BCUT2D eigenvalue weighted by atomic mass is 9.96. The first-order chi connectivity index (χ1) is 9.04. The molecule has 1 aliphatic carbocycles. The molecule has 2 N–H and O–H groups in total. The largest absolute Gasteiger partial charge is 0.463 e. The number of nitrogen functional groups attached to an aromatic ring is 1. The monoisotopic (exact) mass is 279 g/mol. The molecule has 1 fully saturated rings. The van der Waals surface area contributed by atoms with E-state index >= 15 is 0 Å². The van der Waals surface area contributed by atoms with Crippen LogP contribution in [0.3, 0.4) is 0 Å². The quantitative estimate of drug-likeness (QED) is 0.520. The molecule has 4 heteroatoms. The van der Waals surface area contributed by atoms with Gasteiger partial charge < -0.3 is 10.5 Å². The lowest BCUT2D eigenvalue weighted by molar-refractivity contribution is -0.138. The van der Waals surface area contributed by atoms with Gasteiger partial charge in [0.1, 0.15) is 0 Å². The standard InChI is InChI=1S/C15H18ClNO2/c1-3-19-15(18)9(2)14(10-4-5-10)11-6-7-12(16)13(17)8-11/h6-8,10H,3-5,17H2,1-2H3. The molecule has 0 radical (unpaired) electrons. The summed E-state index contributed by atoms with van der Waals surface area (Å²) in [7, 11) is 0. The molecule has 1 aromatic carbocycles. The normalized spacial score (nSPS) is 15.9. The molecule has 1 aromatic rings. The number of hydrogen-bond donors (Lipinski definition) is 1. The molecule has 0 saturated heterocycles. The summed E-state index contributed by atoms with van der Waals surface area (Å²) in [5, 5.41) is 0.535. The van der Waals surface area contributed by atoms with Gasteiger partial charge in [-0.1, -0.05) is 17.7 Å². The van der Waals surface area contributed by atoms with Gasteiger partial charge in [-0.3, -0.25) is 0 Å². The Kier molecular flexibility index (Phi) is 4.15. The summed E-state index contributed by atoms with van der Waals surface area (Å²) in [6, 6.07) is 5.51. The average Bonchev–Trinajstić information content (AvgIpc) is 3.18. The van der Waals surface area contributed by atoms with E-state index in [2.05, 4.69) is 0 Å². The average molecular weight is 280 g/mol. The topological polar surface area (TPSA) is 52.3 Å². The fourth-order valence-corrected chi connectivity index (χ4v) is 2.31. The van der Waals surface area contributed by atoms with Crippen LogP contribution in [-0.2, 0) is 9.53 Å². The van der Waals surface area contributed by atoms with E-state index in [1.807, 2.05) is 26.0 Å². The second kappa shape index (κ2) is 5.66. The van der Waals surface area contributed by atoms with Crippen LogP contribution < -0.4 is 5.73 Å². The van der Waals surface area contributed by atoms with E-state index in [1.54, 1.807) is 6.07 Å². The number of carbonyl (C=O) groups excluding carboxylic acids is 1. The molecular formula is C15H18ClNO2. The summed E-state index contributed by atoms with van der Waals surface area (Å²) in [6.45, 7) is 4.01. The van der Waals surface area contributed by atoms with Crippen LogP contribution in [0.15, 0.2) is 23.8 Å². The third-order valence-electron chi connectivity index (χ3n) is 3.28. The molecule has 0 aromatic heterocycles. The summed E-state index contributed by atoms with van der Waals surface area (Å²) in [5.41, 5.74) is 9.06. The minimum absolute atomic E-state index is 0.252. The van der Waals surface area contributed by atoms with Crippen LogP contribution in [0.1, 0.15) is 32.3 Å². The molecule has 0 aliphatic heterocycles. The van der Waals surface area contributed by atoms with Gasteiger partial charge in [0.25, 0.3) is 0 Å². The number of benzene rings is 1. The van der Waals surface area contributed by atoms with Crippen molar-refractivity contribution in [3.05, 3.63) is 34.4 Å². The molecule has 0 amide bonds. The van der Waals surface area contributed by atoms with Gasteiger partial charge in [0, 0.05) is 5.57 Å². The van der Waals surface area contributed by atoms with Gasteiger partial charge in [-0.2, -0.15) is 0 Å². The van der Waals surface area contributed by atoms with Gasteiger partial charge in [-0.25, -0.2) is 4.79 Å². The van der Waals surface area contributed by atoms with Gasteiger partial charge in [-0.15, -0.1) is 0 Å². The van der Waals surface area contributed by atoms with Crippen LogP contribution in [0, 0.1) is 5.92 Å². The maximum atomic E-state index is 11.9. The highest BCUT2D eigenvalue weighted by atomic mass is 35.5. The number of ether oxygens (including phenoxy) is 1. The molecule has 1 aliphatic rings. The minimum Gasteiger partial charge on any atom is -0.463 e. The summed E-state index contributed by atoms with van der Waals surface area (Å²) < 4.78 is 5.08. The second-order valence-corrected chi connectivity index (χ2v) is 5.18. The van der Waals surface area contributed by atoms with Crippen molar-refractivity contribution in [2.45, 2.75) is 26.7 Å². The molecule has 1 saturated carbocycles. The van der Waals surface area contributed by atoms with Crippen LogP contribution in [-0.4, -0.2) is 12.6 Å². The lowest BCUT2D eigenvalue weighted by Crippen LogP contribution is -2.08. The predicted octanol–water partition coefficient (Wildman–Crippen LogP) is 3.67. The molecule has 3 nitrogen and oxygen atoms in total. The first kappa shape index (κ1) is 13.9. The third-order valence-corrected chi connectivity index (χ3v) is 3.62. The zero-order valence-electron chi connectivity index (χ0n) is 11.2. The van der Waals surface area contributed by atoms with Crippen LogP contribution in [0.2, 0.25) is 5.02 Å². The van der Waals surface area contributed by atoms with Gasteiger partial charge in [0.2, 0.25) is 0 Å². The molecule has 0 unspecified atom stereocenters. The maximum absolute atomic E-state index is 11.9.